The number of carbonyl (C=O) groups is 1. The van der Waals surface area contributed by atoms with Crippen LogP contribution in [0.2, 0.25) is 0 Å². The first-order valence-electron chi connectivity index (χ1n) is 4.89. The molecule has 94 valence electrons. The maximum absolute atomic E-state index is 13.1. The number of alkyl halides is 2. The summed E-state index contributed by atoms with van der Waals surface area (Å²) in [6, 6.07) is 5.30. The molecule has 0 aliphatic carbocycles. The Morgan fingerprint density at radius 3 is 2.59 bits per heavy atom. The lowest BCUT2D eigenvalue weighted by Crippen LogP contribution is -2.33. The molecule has 0 aliphatic rings. The topological polar surface area (TPSA) is 35.5 Å². The van der Waals surface area contributed by atoms with Crippen molar-refractivity contribution in [3.8, 4) is 0 Å². The van der Waals surface area contributed by atoms with Gasteiger partial charge >= 0.3 is 12.1 Å². The minimum absolute atomic E-state index is 0.0588. The van der Waals surface area contributed by atoms with E-state index in [-0.39, 0.29) is 12.2 Å². The fourth-order valence-corrected chi connectivity index (χ4v) is 1.06. The summed E-state index contributed by atoms with van der Waals surface area (Å²) in [5.74, 6) is -2.46. The molecule has 0 unspecified atom stereocenters. The van der Waals surface area contributed by atoms with E-state index >= 15 is 0 Å². The van der Waals surface area contributed by atoms with Crippen molar-refractivity contribution in [1.29, 1.82) is 0 Å². The summed E-state index contributed by atoms with van der Waals surface area (Å²) in [6.07, 6.45) is -4.07. The molecule has 3 nitrogen and oxygen atoms in total. The maximum Gasteiger partial charge on any atom is 0.456 e. The quantitative estimate of drug-likeness (QED) is 0.751. The first-order chi connectivity index (χ1) is 7.97. The lowest BCUT2D eigenvalue weighted by Gasteiger charge is -2.15. The molecule has 0 fully saturated rings. The van der Waals surface area contributed by atoms with Gasteiger partial charge in [-0.25, -0.2) is 9.18 Å². The van der Waals surface area contributed by atoms with Gasteiger partial charge in [0.25, 0.3) is 0 Å². The third-order valence-electron chi connectivity index (χ3n) is 1.88. The van der Waals surface area contributed by atoms with Gasteiger partial charge in [-0.1, -0.05) is 18.2 Å². The number of carbonyl (C=O) groups excluding carboxylic acids is 1. The SMILES string of the molecule is CCOC(=O)C(F)(F)OCc1ccccc1F. The zero-order chi connectivity index (χ0) is 12.9. The van der Waals surface area contributed by atoms with Crippen LogP contribution in [0.4, 0.5) is 13.2 Å². The molecule has 0 radical (unpaired) electrons. The van der Waals surface area contributed by atoms with Crippen molar-refractivity contribution in [2.45, 2.75) is 19.6 Å². The molecule has 0 aromatic heterocycles. The first kappa shape index (κ1) is 13.5. The number of rotatable bonds is 5. The summed E-state index contributed by atoms with van der Waals surface area (Å²) in [7, 11) is 0. The van der Waals surface area contributed by atoms with Crippen LogP contribution >= 0.6 is 0 Å². The molecule has 0 atom stereocenters. The van der Waals surface area contributed by atoms with Crippen molar-refractivity contribution in [2.75, 3.05) is 6.61 Å². The highest BCUT2D eigenvalue weighted by Crippen LogP contribution is 2.20. The van der Waals surface area contributed by atoms with Gasteiger partial charge in [0.15, 0.2) is 0 Å². The molecule has 6 heteroatoms. The van der Waals surface area contributed by atoms with Crippen LogP contribution in [0.3, 0.4) is 0 Å². The van der Waals surface area contributed by atoms with Crippen LogP contribution in [-0.2, 0) is 20.9 Å². The number of esters is 1. The summed E-state index contributed by atoms with van der Waals surface area (Å²) in [4.78, 5) is 10.8. The van der Waals surface area contributed by atoms with Crippen LogP contribution in [-0.4, -0.2) is 18.7 Å². The van der Waals surface area contributed by atoms with Gasteiger partial charge in [-0.15, -0.1) is 0 Å². The molecule has 17 heavy (non-hydrogen) atoms. The van der Waals surface area contributed by atoms with Gasteiger partial charge in [0.05, 0.1) is 13.2 Å². The normalized spacial score (nSPS) is 11.3. The van der Waals surface area contributed by atoms with E-state index in [1.807, 2.05) is 0 Å². The average Bonchev–Trinajstić information content (AvgIpc) is 2.28. The van der Waals surface area contributed by atoms with E-state index in [2.05, 4.69) is 9.47 Å². The van der Waals surface area contributed by atoms with E-state index in [1.54, 1.807) is 0 Å². The lowest BCUT2D eigenvalue weighted by molar-refractivity contribution is -0.254. The summed E-state index contributed by atoms with van der Waals surface area (Å²) in [5.41, 5.74) is -0.0588. The molecule has 0 N–H and O–H groups in total. The summed E-state index contributed by atoms with van der Waals surface area (Å²) < 4.78 is 47.3. The lowest BCUT2D eigenvalue weighted by atomic mass is 10.2. The third-order valence-corrected chi connectivity index (χ3v) is 1.88. The monoisotopic (exact) mass is 248 g/mol. The van der Waals surface area contributed by atoms with E-state index in [0.717, 1.165) is 6.07 Å². The molecule has 0 saturated heterocycles. The Labute approximate surface area is 96.1 Å². The molecule has 0 heterocycles. The minimum atomic E-state index is -4.07. The summed E-state index contributed by atoms with van der Waals surface area (Å²) >= 11 is 0. The predicted molar refractivity (Wildman–Crippen MR) is 52.8 cm³/mol. The third kappa shape index (κ3) is 3.74. The van der Waals surface area contributed by atoms with Crippen molar-refractivity contribution >= 4 is 5.97 Å². The van der Waals surface area contributed by atoms with E-state index in [0.29, 0.717) is 0 Å². The average molecular weight is 248 g/mol. The van der Waals surface area contributed by atoms with E-state index in [1.165, 1.54) is 25.1 Å². The van der Waals surface area contributed by atoms with E-state index in [9.17, 15) is 18.0 Å². The molecule has 1 rings (SSSR count). The van der Waals surface area contributed by atoms with Gasteiger partial charge in [-0.2, -0.15) is 8.78 Å². The van der Waals surface area contributed by atoms with Crippen LogP contribution < -0.4 is 0 Å². The highest BCUT2D eigenvalue weighted by molar-refractivity contribution is 5.75. The van der Waals surface area contributed by atoms with Crippen molar-refractivity contribution in [3.05, 3.63) is 35.6 Å². The van der Waals surface area contributed by atoms with Crippen LogP contribution in [0.5, 0.6) is 0 Å². The van der Waals surface area contributed by atoms with E-state index in [4.69, 9.17) is 0 Å². The summed E-state index contributed by atoms with van der Waals surface area (Å²) in [5, 5.41) is 0. The van der Waals surface area contributed by atoms with E-state index < -0.39 is 24.5 Å². The Balaban J connectivity index is 2.61. The Kier molecular flexibility index (Phi) is 4.51. The second-order valence-corrected chi connectivity index (χ2v) is 3.12. The standard InChI is InChI=1S/C11H11F3O3/c1-2-16-10(15)11(13,14)17-7-8-5-3-4-6-9(8)12/h3-6H,2,7H2,1H3. The first-order valence-corrected chi connectivity index (χ1v) is 4.89. The molecular weight excluding hydrogens is 237 g/mol. The van der Waals surface area contributed by atoms with Crippen molar-refractivity contribution in [3.63, 3.8) is 0 Å². The highest BCUT2D eigenvalue weighted by Gasteiger charge is 2.42. The van der Waals surface area contributed by atoms with Gasteiger partial charge in [0.1, 0.15) is 5.82 Å². The second kappa shape index (κ2) is 5.67. The van der Waals surface area contributed by atoms with Crippen LogP contribution in [0, 0.1) is 5.82 Å². The van der Waals surface area contributed by atoms with Crippen molar-refractivity contribution in [1.82, 2.24) is 0 Å². The smallest absolute Gasteiger partial charge is 0.456 e. The fourth-order valence-electron chi connectivity index (χ4n) is 1.06. The number of benzene rings is 1. The molecule has 1 aromatic carbocycles. The largest absolute Gasteiger partial charge is 0.460 e. The summed E-state index contributed by atoms with van der Waals surface area (Å²) in [6.45, 7) is 0.501. The van der Waals surface area contributed by atoms with Gasteiger partial charge < -0.3 is 9.47 Å². The molecule has 0 amide bonds. The maximum atomic E-state index is 13.1. The van der Waals surface area contributed by atoms with Gasteiger partial charge in [-0.05, 0) is 13.0 Å². The van der Waals surface area contributed by atoms with Crippen LogP contribution in [0.25, 0.3) is 0 Å². The number of halogens is 3. The molecular formula is C11H11F3O3. The zero-order valence-corrected chi connectivity index (χ0v) is 9.08. The highest BCUT2D eigenvalue weighted by atomic mass is 19.3. The van der Waals surface area contributed by atoms with Crippen LogP contribution in [0.15, 0.2) is 24.3 Å². The Bertz CT molecular complexity index is 393. The second-order valence-electron chi connectivity index (χ2n) is 3.12. The Morgan fingerprint density at radius 2 is 2.00 bits per heavy atom. The number of hydrogen-bond donors (Lipinski definition) is 0. The molecule has 0 bridgehead atoms. The molecule has 1 aromatic rings. The number of hydrogen-bond acceptors (Lipinski definition) is 3. The Morgan fingerprint density at radius 1 is 1.35 bits per heavy atom. The van der Waals surface area contributed by atoms with Crippen LogP contribution in [0.1, 0.15) is 12.5 Å². The Hall–Kier alpha value is -1.56. The fraction of sp³-hybridized carbons (Fsp3) is 0.364. The molecule has 0 spiro atoms. The van der Waals surface area contributed by atoms with Crippen molar-refractivity contribution < 1.29 is 27.4 Å². The molecule has 0 aliphatic heterocycles. The predicted octanol–water partition coefficient (Wildman–Crippen LogP) is 2.50. The van der Waals surface area contributed by atoms with Gasteiger partial charge in [0.2, 0.25) is 0 Å². The molecule has 0 saturated carbocycles. The number of ether oxygens (including phenoxy) is 2. The van der Waals surface area contributed by atoms with Crippen molar-refractivity contribution in [2.24, 2.45) is 0 Å². The van der Waals surface area contributed by atoms with Gasteiger partial charge in [0, 0.05) is 5.56 Å². The van der Waals surface area contributed by atoms with Gasteiger partial charge in [-0.3, -0.25) is 0 Å². The minimum Gasteiger partial charge on any atom is -0.460 e. The zero-order valence-electron chi connectivity index (χ0n) is 9.08.